The third kappa shape index (κ3) is 4.85. The molecule has 15 heavy (non-hydrogen) atoms. The van der Waals surface area contributed by atoms with Gasteiger partial charge in [-0.05, 0) is 0 Å². The molecule has 0 spiro atoms. The highest BCUT2D eigenvalue weighted by Crippen LogP contribution is 2.09. The van der Waals surface area contributed by atoms with Gasteiger partial charge in [0.1, 0.15) is 18.3 Å². The monoisotopic (exact) mass is 226 g/mol. The Hall–Kier alpha value is -0.280. The van der Waals surface area contributed by atoms with E-state index in [0.717, 1.165) is 0 Å². The summed E-state index contributed by atoms with van der Waals surface area (Å²) in [4.78, 5) is 0. The molecular weight excluding hydrogens is 208 g/mol. The van der Waals surface area contributed by atoms with E-state index in [1.807, 2.05) is 0 Å². The molecule has 7 nitrogen and oxygen atoms in total. The minimum atomic E-state index is -1.62. The molecule has 0 aliphatic carbocycles. The highest BCUT2D eigenvalue weighted by molar-refractivity contribution is 4.79. The van der Waals surface area contributed by atoms with Crippen molar-refractivity contribution < 1.29 is 35.7 Å². The molecular formula is C8H18O7. The lowest BCUT2D eigenvalue weighted by molar-refractivity contribution is -0.102. The Kier molecular flexibility index (Phi) is 6.94. The van der Waals surface area contributed by atoms with Gasteiger partial charge in [0.15, 0.2) is 0 Å². The highest BCUT2D eigenvalue weighted by Gasteiger charge is 2.28. The second kappa shape index (κ2) is 7.07. The molecule has 0 rings (SSSR count). The molecule has 0 saturated heterocycles. The predicted octanol–water partition coefficient (Wildman–Crippen LogP) is -3.83. The normalized spacial score (nSPS) is 21.8. The van der Waals surface area contributed by atoms with E-state index in [1.165, 1.54) is 0 Å². The van der Waals surface area contributed by atoms with Crippen molar-refractivity contribution in [2.45, 2.75) is 36.9 Å². The lowest BCUT2D eigenvalue weighted by Gasteiger charge is -2.24. The molecule has 5 atom stereocenters. The van der Waals surface area contributed by atoms with Crippen molar-refractivity contribution in [3.05, 3.63) is 0 Å². The quantitative estimate of drug-likeness (QED) is 0.236. The number of aliphatic hydroxyl groups excluding tert-OH is 7. The maximum atomic E-state index is 9.26. The standard InChI is InChI=1S/C8H18O7/c9-2-6(13)4(11)1-5(12)8(15)7(14)3-10/h4-15H,1-3H2/t4?,5-,6?,7+,8+/m0/s1. The zero-order valence-electron chi connectivity index (χ0n) is 8.14. The van der Waals surface area contributed by atoms with Crippen LogP contribution in [-0.2, 0) is 0 Å². The lowest BCUT2D eigenvalue weighted by atomic mass is 10.00. The number of hydrogen-bond acceptors (Lipinski definition) is 7. The van der Waals surface area contributed by atoms with Crippen molar-refractivity contribution in [3.63, 3.8) is 0 Å². The molecule has 7 heteroatoms. The summed E-state index contributed by atoms with van der Waals surface area (Å²) in [5.74, 6) is 0. The van der Waals surface area contributed by atoms with E-state index in [4.69, 9.17) is 25.5 Å². The molecule has 0 saturated carbocycles. The van der Waals surface area contributed by atoms with Crippen LogP contribution in [0.2, 0.25) is 0 Å². The molecule has 0 aliphatic heterocycles. The predicted molar refractivity (Wildman–Crippen MR) is 48.8 cm³/mol. The van der Waals surface area contributed by atoms with Gasteiger partial charge in [-0.2, -0.15) is 0 Å². The second-order valence-corrected chi connectivity index (χ2v) is 3.36. The summed E-state index contributed by atoms with van der Waals surface area (Å²) in [6.07, 6.45) is -7.87. The van der Waals surface area contributed by atoms with Crippen molar-refractivity contribution in [2.24, 2.45) is 0 Å². The zero-order chi connectivity index (χ0) is 12.0. The van der Waals surface area contributed by atoms with Crippen LogP contribution in [0.25, 0.3) is 0 Å². The van der Waals surface area contributed by atoms with Gasteiger partial charge >= 0.3 is 0 Å². The fourth-order valence-corrected chi connectivity index (χ4v) is 1.03. The maximum absolute atomic E-state index is 9.26. The first kappa shape index (κ1) is 14.7. The van der Waals surface area contributed by atoms with Gasteiger partial charge in [-0.25, -0.2) is 0 Å². The number of rotatable bonds is 7. The Labute approximate surface area is 86.9 Å². The average Bonchev–Trinajstić information content (AvgIpc) is 2.25. The summed E-state index contributed by atoms with van der Waals surface area (Å²) in [5.41, 5.74) is 0. The fraction of sp³-hybridized carbons (Fsp3) is 1.00. The first-order valence-electron chi connectivity index (χ1n) is 4.56. The van der Waals surface area contributed by atoms with E-state index >= 15 is 0 Å². The van der Waals surface area contributed by atoms with E-state index in [2.05, 4.69) is 0 Å². The van der Waals surface area contributed by atoms with Crippen LogP contribution >= 0.6 is 0 Å². The number of hydrogen-bond donors (Lipinski definition) is 7. The Bertz CT molecular complexity index is 165. The summed E-state index contributed by atoms with van der Waals surface area (Å²) in [6.45, 7) is -1.40. The second-order valence-electron chi connectivity index (χ2n) is 3.36. The van der Waals surface area contributed by atoms with Gasteiger partial charge < -0.3 is 35.7 Å². The van der Waals surface area contributed by atoms with Crippen molar-refractivity contribution in [3.8, 4) is 0 Å². The summed E-state index contributed by atoms with van der Waals surface area (Å²) in [6, 6.07) is 0. The van der Waals surface area contributed by atoms with E-state index in [-0.39, 0.29) is 0 Å². The minimum absolute atomic E-state index is 0.417. The van der Waals surface area contributed by atoms with Crippen LogP contribution < -0.4 is 0 Å². The molecule has 0 heterocycles. The largest absolute Gasteiger partial charge is 0.394 e. The van der Waals surface area contributed by atoms with Gasteiger partial charge in [-0.3, -0.25) is 0 Å². The first-order valence-corrected chi connectivity index (χ1v) is 4.56. The van der Waals surface area contributed by atoms with Gasteiger partial charge in [-0.1, -0.05) is 0 Å². The molecule has 0 amide bonds. The molecule has 0 fully saturated rings. The Morgan fingerprint density at radius 1 is 0.600 bits per heavy atom. The fourth-order valence-electron chi connectivity index (χ4n) is 1.03. The smallest absolute Gasteiger partial charge is 0.108 e. The van der Waals surface area contributed by atoms with Crippen LogP contribution in [-0.4, -0.2) is 79.5 Å². The lowest BCUT2D eigenvalue weighted by Crippen LogP contribution is -2.43. The molecule has 0 radical (unpaired) electrons. The van der Waals surface area contributed by atoms with Gasteiger partial charge in [0, 0.05) is 6.42 Å². The third-order valence-corrected chi connectivity index (χ3v) is 2.09. The molecule has 0 aliphatic rings. The van der Waals surface area contributed by atoms with Crippen molar-refractivity contribution in [2.75, 3.05) is 13.2 Å². The average molecular weight is 226 g/mol. The van der Waals surface area contributed by atoms with Crippen molar-refractivity contribution in [1.82, 2.24) is 0 Å². The highest BCUT2D eigenvalue weighted by atomic mass is 16.4. The Morgan fingerprint density at radius 2 is 1.07 bits per heavy atom. The first-order chi connectivity index (χ1) is 6.93. The van der Waals surface area contributed by atoms with Gasteiger partial charge in [-0.15, -0.1) is 0 Å². The molecule has 92 valence electrons. The van der Waals surface area contributed by atoms with Crippen LogP contribution in [0, 0.1) is 0 Å². The van der Waals surface area contributed by atoms with Gasteiger partial charge in [0.25, 0.3) is 0 Å². The molecule has 0 aromatic rings. The molecule has 0 aromatic carbocycles. The van der Waals surface area contributed by atoms with Crippen LogP contribution in [0.15, 0.2) is 0 Å². The Morgan fingerprint density at radius 3 is 1.47 bits per heavy atom. The topological polar surface area (TPSA) is 142 Å². The Balaban J connectivity index is 4.06. The van der Waals surface area contributed by atoms with Crippen LogP contribution in [0.4, 0.5) is 0 Å². The molecule has 0 bridgehead atoms. The van der Waals surface area contributed by atoms with Crippen LogP contribution in [0.5, 0.6) is 0 Å². The van der Waals surface area contributed by atoms with Crippen molar-refractivity contribution in [1.29, 1.82) is 0 Å². The summed E-state index contributed by atoms with van der Waals surface area (Å²) >= 11 is 0. The number of aliphatic hydroxyl groups is 7. The van der Waals surface area contributed by atoms with E-state index < -0.39 is 50.2 Å². The summed E-state index contributed by atoms with van der Waals surface area (Å²) in [5, 5.41) is 62.4. The van der Waals surface area contributed by atoms with E-state index in [9.17, 15) is 10.2 Å². The summed E-state index contributed by atoms with van der Waals surface area (Å²) < 4.78 is 0. The zero-order valence-corrected chi connectivity index (χ0v) is 8.14. The SMILES string of the molecule is OCC(O)C(O)C[C@H](O)[C@@H](O)[C@H](O)CO. The maximum Gasteiger partial charge on any atom is 0.108 e. The molecule has 7 N–H and O–H groups in total. The van der Waals surface area contributed by atoms with E-state index in [1.54, 1.807) is 0 Å². The molecule has 0 aromatic heterocycles. The van der Waals surface area contributed by atoms with Crippen LogP contribution in [0.1, 0.15) is 6.42 Å². The summed E-state index contributed by atoms with van der Waals surface area (Å²) in [7, 11) is 0. The van der Waals surface area contributed by atoms with E-state index in [0.29, 0.717) is 0 Å². The van der Waals surface area contributed by atoms with Crippen molar-refractivity contribution >= 4 is 0 Å². The van der Waals surface area contributed by atoms with Gasteiger partial charge in [0.05, 0.1) is 25.4 Å². The third-order valence-electron chi connectivity index (χ3n) is 2.09. The van der Waals surface area contributed by atoms with Gasteiger partial charge in [0.2, 0.25) is 0 Å². The minimum Gasteiger partial charge on any atom is -0.394 e. The van der Waals surface area contributed by atoms with Crippen LogP contribution in [0.3, 0.4) is 0 Å². The molecule has 2 unspecified atom stereocenters.